The Morgan fingerprint density at radius 2 is 2.14 bits per heavy atom. The van der Waals surface area contributed by atoms with Crippen molar-refractivity contribution in [2.45, 2.75) is 50.6 Å². The van der Waals surface area contributed by atoms with E-state index in [1.807, 2.05) is 11.8 Å². The van der Waals surface area contributed by atoms with Crippen molar-refractivity contribution in [2.24, 2.45) is 5.73 Å². The van der Waals surface area contributed by atoms with Crippen molar-refractivity contribution >= 4 is 11.8 Å². The molecule has 0 heterocycles. The Morgan fingerprint density at radius 1 is 1.43 bits per heavy atom. The van der Waals surface area contributed by atoms with Crippen LogP contribution in [0.15, 0.2) is 24.3 Å². The van der Waals surface area contributed by atoms with Gasteiger partial charge in [0.25, 0.3) is 0 Å². The van der Waals surface area contributed by atoms with Crippen molar-refractivity contribution in [3.05, 3.63) is 35.4 Å². The average Bonchev–Trinajstić information content (AvgIpc) is 2.53. The summed E-state index contributed by atoms with van der Waals surface area (Å²) in [5.41, 5.74) is 9.32. The van der Waals surface area contributed by atoms with Gasteiger partial charge in [0.05, 0.1) is 5.54 Å². The first-order valence-corrected chi connectivity index (χ1v) is 9.51. The molecule has 1 aliphatic carbocycles. The molecule has 0 spiro atoms. The van der Waals surface area contributed by atoms with Gasteiger partial charge in [0.2, 0.25) is 0 Å². The lowest BCUT2D eigenvalue weighted by Gasteiger charge is -2.49. The SMILES string of the molecule is CCC(CSC)N(C)C1(CN)CCC(C)c2ccccc21. The Hall–Kier alpha value is -0.510. The highest BCUT2D eigenvalue weighted by Crippen LogP contribution is 2.44. The summed E-state index contributed by atoms with van der Waals surface area (Å²) in [6.07, 6.45) is 5.77. The highest BCUT2D eigenvalue weighted by atomic mass is 32.2. The van der Waals surface area contributed by atoms with E-state index in [0.717, 1.165) is 0 Å². The molecule has 0 amide bonds. The number of hydrogen-bond donors (Lipinski definition) is 1. The minimum Gasteiger partial charge on any atom is -0.328 e. The van der Waals surface area contributed by atoms with Gasteiger partial charge in [0.15, 0.2) is 0 Å². The summed E-state index contributed by atoms with van der Waals surface area (Å²) in [4.78, 5) is 2.58. The van der Waals surface area contributed by atoms with E-state index < -0.39 is 0 Å². The minimum atomic E-state index is 0.0134. The van der Waals surface area contributed by atoms with Crippen LogP contribution in [-0.2, 0) is 5.54 Å². The Labute approximate surface area is 134 Å². The molecule has 1 aliphatic rings. The second-order valence-electron chi connectivity index (χ2n) is 6.39. The molecule has 2 nitrogen and oxygen atoms in total. The zero-order valence-corrected chi connectivity index (χ0v) is 14.7. The van der Waals surface area contributed by atoms with Gasteiger partial charge in [0, 0.05) is 18.3 Å². The van der Waals surface area contributed by atoms with Gasteiger partial charge in [-0.05, 0) is 49.6 Å². The first-order chi connectivity index (χ1) is 10.1. The molecule has 0 saturated heterocycles. The molecule has 0 radical (unpaired) electrons. The zero-order valence-electron chi connectivity index (χ0n) is 13.9. The van der Waals surface area contributed by atoms with Crippen LogP contribution in [0.2, 0.25) is 0 Å². The van der Waals surface area contributed by atoms with Crippen molar-refractivity contribution in [3.8, 4) is 0 Å². The lowest BCUT2D eigenvalue weighted by atomic mass is 9.71. The fourth-order valence-corrected chi connectivity index (χ4v) is 4.71. The van der Waals surface area contributed by atoms with Crippen molar-refractivity contribution < 1.29 is 0 Å². The Balaban J connectivity index is 2.44. The molecular weight excluding hydrogens is 276 g/mol. The van der Waals surface area contributed by atoms with E-state index in [1.165, 1.54) is 36.1 Å². The molecule has 2 N–H and O–H groups in total. The van der Waals surface area contributed by atoms with Gasteiger partial charge in [-0.1, -0.05) is 38.1 Å². The third-order valence-electron chi connectivity index (χ3n) is 5.37. The van der Waals surface area contributed by atoms with Gasteiger partial charge in [-0.25, -0.2) is 0 Å². The van der Waals surface area contributed by atoms with E-state index in [-0.39, 0.29) is 5.54 Å². The fraction of sp³-hybridized carbons (Fsp3) is 0.667. The number of nitrogens with zero attached hydrogens (tertiary/aromatic N) is 1. The predicted molar refractivity (Wildman–Crippen MR) is 95.0 cm³/mol. The molecule has 0 saturated carbocycles. The second kappa shape index (κ2) is 7.17. The van der Waals surface area contributed by atoms with Crippen molar-refractivity contribution in [1.82, 2.24) is 4.90 Å². The number of benzene rings is 1. The molecule has 0 fully saturated rings. The fourth-order valence-electron chi connectivity index (χ4n) is 3.86. The van der Waals surface area contributed by atoms with Crippen LogP contribution in [0.25, 0.3) is 0 Å². The molecule has 1 aromatic carbocycles. The van der Waals surface area contributed by atoms with Crippen LogP contribution in [0.3, 0.4) is 0 Å². The van der Waals surface area contributed by atoms with E-state index >= 15 is 0 Å². The van der Waals surface area contributed by atoms with Crippen molar-refractivity contribution in [2.75, 3.05) is 25.6 Å². The summed E-state index contributed by atoms with van der Waals surface area (Å²) in [6, 6.07) is 9.53. The third kappa shape index (κ3) is 3.01. The highest BCUT2D eigenvalue weighted by molar-refractivity contribution is 7.98. The summed E-state index contributed by atoms with van der Waals surface area (Å²) >= 11 is 1.94. The summed E-state index contributed by atoms with van der Waals surface area (Å²) in [5, 5.41) is 0. The molecule has 0 aliphatic heterocycles. The summed E-state index contributed by atoms with van der Waals surface area (Å²) in [7, 11) is 2.28. The van der Waals surface area contributed by atoms with Gasteiger partial charge in [-0.3, -0.25) is 4.90 Å². The Kier molecular flexibility index (Phi) is 5.75. The van der Waals surface area contributed by atoms with Crippen LogP contribution in [-0.4, -0.2) is 36.5 Å². The molecule has 118 valence electrons. The number of fused-ring (bicyclic) bond motifs is 1. The maximum atomic E-state index is 6.34. The summed E-state index contributed by atoms with van der Waals surface area (Å²) in [6.45, 7) is 5.34. The molecule has 3 atom stereocenters. The number of rotatable bonds is 6. The number of likely N-dealkylation sites (N-methyl/N-ethyl adjacent to an activating group) is 1. The van der Waals surface area contributed by atoms with Crippen LogP contribution >= 0.6 is 11.8 Å². The van der Waals surface area contributed by atoms with E-state index in [4.69, 9.17) is 5.73 Å². The summed E-state index contributed by atoms with van der Waals surface area (Å²) in [5.74, 6) is 1.82. The summed E-state index contributed by atoms with van der Waals surface area (Å²) < 4.78 is 0. The molecule has 3 heteroatoms. The third-order valence-corrected chi connectivity index (χ3v) is 6.09. The van der Waals surface area contributed by atoms with Crippen LogP contribution in [0, 0.1) is 0 Å². The molecule has 21 heavy (non-hydrogen) atoms. The highest BCUT2D eigenvalue weighted by Gasteiger charge is 2.42. The van der Waals surface area contributed by atoms with E-state index in [9.17, 15) is 0 Å². The topological polar surface area (TPSA) is 29.3 Å². The Bertz CT molecular complexity index is 462. The van der Waals surface area contributed by atoms with Gasteiger partial charge in [0.1, 0.15) is 0 Å². The van der Waals surface area contributed by atoms with Gasteiger partial charge >= 0.3 is 0 Å². The van der Waals surface area contributed by atoms with Crippen LogP contribution in [0.5, 0.6) is 0 Å². The smallest absolute Gasteiger partial charge is 0.0586 e. The molecule has 1 aromatic rings. The second-order valence-corrected chi connectivity index (χ2v) is 7.30. The molecule has 2 rings (SSSR count). The first-order valence-electron chi connectivity index (χ1n) is 8.12. The molecular formula is C18H30N2S. The number of hydrogen-bond acceptors (Lipinski definition) is 3. The van der Waals surface area contributed by atoms with Crippen molar-refractivity contribution in [1.29, 1.82) is 0 Å². The average molecular weight is 307 g/mol. The van der Waals surface area contributed by atoms with E-state index in [0.29, 0.717) is 18.5 Å². The van der Waals surface area contributed by atoms with Gasteiger partial charge in [-0.15, -0.1) is 0 Å². The van der Waals surface area contributed by atoms with Crippen molar-refractivity contribution in [3.63, 3.8) is 0 Å². The number of nitrogens with two attached hydrogens (primary N) is 1. The van der Waals surface area contributed by atoms with Gasteiger partial charge < -0.3 is 5.73 Å². The lowest BCUT2D eigenvalue weighted by Crippen LogP contribution is -2.55. The largest absolute Gasteiger partial charge is 0.328 e. The first kappa shape index (κ1) is 16.9. The maximum absolute atomic E-state index is 6.34. The molecule has 0 aromatic heterocycles. The quantitative estimate of drug-likeness (QED) is 0.866. The standard InChI is InChI=1S/C18H30N2S/c1-5-15(12-21-4)20(3)18(13-19)11-10-14(2)16-8-6-7-9-17(16)18/h6-9,14-15H,5,10-13,19H2,1-4H3. The Morgan fingerprint density at radius 3 is 2.76 bits per heavy atom. The maximum Gasteiger partial charge on any atom is 0.0586 e. The molecule has 0 bridgehead atoms. The number of thioether (sulfide) groups is 1. The minimum absolute atomic E-state index is 0.0134. The van der Waals surface area contributed by atoms with Crippen LogP contribution in [0.1, 0.15) is 50.2 Å². The lowest BCUT2D eigenvalue weighted by molar-refractivity contribution is 0.0626. The zero-order chi connectivity index (χ0) is 15.5. The van der Waals surface area contributed by atoms with E-state index in [2.05, 4.69) is 56.3 Å². The van der Waals surface area contributed by atoms with Crippen LogP contribution < -0.4 is 5.73 Å². The monoisotopic (exact) mass is 306 g/mol. The predicted octanol–water partition coefficient (Wildman–Crippen LogP) is 3.81. The normalized spacial score (nSPS) is 26.7. The van der Waals surface area contributed by atoms with E-state index in [1.54, 1.807) is 0 Å². The molecule has 3 unspecified atom stereocenters. The van der Waals surface area contributed by atoms with Gasteiger partial charge in [-0.2, -0.15) is 11.8 Å². The van der Waals surface area contributed by atoms with Crippen LogP contribution in [0.4, 0.5) is 0 Å².